The lowest BCUT2D eigenvalue weighted by molar-refractivity contribution is -0.159. The number of ether oxygens (including phenoxy) is 1. The minimum absolute atomic E-state index is 0.405. The Morgan fingerprint density at radius 1 is 1.10 bits per heavy atom. The van der Waals surface area contributed by atoms with Gasteiger partial charge in [0.25, 0.3) is 0 Å². The summed E-state index contributed by atoms with van der Waals surface area (Å²) in [6.45, 7) is -1.13. The van der Waals surface area contributed by atoms with Gasteiger partial charge in [0, 0.05) is 6.54 Å². The summed E-state index contributed by atoms with van der Waals surface area (Å²) in [6, 6.07) is 4.05. The van der Waals surface area contributed by atoms with E-state index in [2.05, 4.69) is 10.8 Å². The number of nitrogens with zero attached hydrogens (tertiary/aromatic N) is 1. The van der Waals surface area contributed by atoms with Crippen LogP contribution in [0.2, 0.25) is 0 Å². The molecule has 2 aliphatic rings. The molecule has 0 aromatic heterocycles. The van der Waals surface area contributed by atoms with Crippen LogP contribution in [-0.2, 0) is 24.0 Å². The molecule has 0 spiro atoms. The van der Waals surface area contributed by atoms with E-state index in [0.29, 0.717) is 12.2 Å². The van der Waals surface area contributed by atoms with E-state index in [4.69, 9.17) is 0 Å². The number of carbonyl (C=O) groups excluding carboxylic acids is 1. The summed E-state index contributed by atoms with van der Waals surface area (Å²) in [5, 5.41) is 0. The number of rotatable bonds is 1. The first-order valence-electron chi connectivity index (χ1n) is 7.10. The van der Waals surface area contributed by atoms with Crippen LogP contribution < -0.4 is 4.90 Å². The lowest BCUT2D eigenvalue weighted by Gasteiger charge is -2.29. The van der Waals surface area contributed by atoms with Crippen molar-refractivity contribution >= 4 is 11.8 Å². The molecule has 0 radical (unpaired) electrons. The molecule has 1 aliphatic carbocycles. The smallest absolute Gasteiger partial charge is 0.422 e. The summed E-state index contributed by atoms with van der Waals surface area (Å²) in [5.41, 5.74) is 4.25. The van der Waals surface area contributed by atoms with Crippen LogP contribution in [0.5, 0.6) is 0 Å². The van der Waals surface area contributed by atoms with E-state index in [9.17, 15) is 18.0 Å². The second-order valence-corrected chi connectivity index (χ2v) is 5.53. The van der Waals surface area contributed by atoms with Gasteiger partial charge in [-0.2, -0.15) is 13.2 Å². The van der Waals surface area contributed by atoms with Crippen molar-refractivity contribution in [3.05, 3.63) is 28.8 Å². The molecule has 0 fully saturated rings. The molecule has 0 saturated carbocycles. The highest BCUT2D eigenvalue weighted by Gasteiger charge is 2.32. The average Bonchev–Trinajstić information content (AvgIpc) is 2.88. The molecule has 3 rings (SSSR count). The predicted octanol–water partition coefficient (Wildman–Crippen LogP) is 3.63. The predicted molar refractivity (Wildman–Crippen MR) is 71.5 cm³/mol. The number of hydrogen-bond acceptors (Lipinski definition) is 2. The van der Waals surface area contributed by atoms with Crippen molar-refractivity contribution in [2.75, 3.05) is 18.1 Å². The van der Waals surface area contributed by atoms with Gasteiger partial charge in [0.05, 0.1) is 5.69 Å². The molecule has 21 heavy (non-hydrogen) atoms. The third-order valence-corrected chi connectivity index (χ3v) is 3.99. The van der Waals surface area contributed by atoms with E-state index in [1.54, 1.807) is 0 Å². The van der Waals surface area contributed by atoms with Crippen LogP contribution in [0, 0.1) is 0 Å². The van der Waals surface area contributed by atoms with Crippen molar-refractivity contribution in [1.29, 1.82) is 0 Å². The zero-order valence-corrected chi connectivity index (χ0v) is 11.5. The maximum Gasteiger partial charge on any atom is 0.422 e. The van der Waals surface area contributed by atoms with Gasteiger partial charge < -0.3 is 4.74 Å². The van der Waals surface area contributed by atoms with Crippen LogP contribution in [0.4, 0.5) is 23.7 Å². The summed E-state index contributed by atoms with van der Waals surface area (Å²) in [4.78, 5) is 13.2. The largest absolute Gasteiger partial charge is 0.439 e. The van der Waals surface area contributed by atoms with E-state index in [-0.39, 0.29) is 0 Å². The molecule has 1 heterocycles. The SMILES string of the molecule is O=C(OCC(F)(F)F)N1CCCc2cc3c(cc21)CCC3. The molecular weight excluding hydrogens is 283 g/mol. The van der Waals surface area contributed by atoms with Crippen LogP contribution in [0.15, 0.2) is 12.1 Å². The number of halogens is 3. The first-order chi connectivity index (χ1) is 9.94. The van der Waals surface area contributed by atoms with Crippen LogP contribution in [0.3, 0.4) is 0 Å². The third kappa shape index (κ3) is 2.99. The quantitative estimate of drug-likeness (QED) is 0.792. The van der Waals surface area contributed by atoms with Gasteiger partial charge in [-0.1, -0.05) is 6.07 Å². The van der Waals surface area contributed by atoms with Crippen LogP contribution in [0.25, 0.3) is 0 Å². The topological polar surface area (TPSA) is 29.5 Å². The molecule has 0 N–H and O–H groups in total. The third-order valence-electron chi connectivity index (χ3n) is 3.99. The molecule has 0 bridgehead atoms. The molecular formula is C15H16F3NO2. The summed E-state index contributed by atoms with van der Waals surface area (Å²) < 4.78 is 40.9. The molecule has 114 valence electrons. The fraction of sp³-hybridized carbons (Fsp3) is 0.533. The minimum atomic E-state index is -4.49. The Morgan fingerprint density at radius 2 is 1.76 bits per heavy atom. The van der Waals surface area contributed by atoms with E-state index in [1.165, 1.54) is 16.0 Å². The summed E-state index contributed by atoms with van der Waals surface area (Å²) in [7, 11) is 0. The normalized spacial score (nSPS) is 17.4. The first kappa shape index (κ1) is 14.2. The van der Waals surface area contributed by atoms with Gasteiger partial charge >= 0.3 is 12.3 Å². The van der Waals surface area contributed by atoms with Gasteiger partial charge in [0.2, 0.25) is 0 Å². The fourth-order valence-electron chi connectivity index (χ4n) is 3.07. The number of anilines is 1. The number of alkyl halides is 3. The van der Waals surface area contributed by atoms with Gasteiger partial charge in [0.15, 0.2) is 6.61 Å². The average molecular weight is 299 g/mol. The lowest BCUT2D eigenvalue weighted by atomic mass is 9.97. The Balaban J connectivity index is 1.81. The van der Waals surface area contributed by atoms with E-state index < -0.39 is 18.9 Å². The van der Waals surface area contributed by atoms with E-state index >= 15 is 0 Å². The molecule has 1 aromatic rings. The minimum Gasteiger partial charge on any atom is -0.439 e. The highest BCUT2D eigenvalue weighted by Crippen LogP contribution is 2.34. The highest BCUT2D eigenvalue weighted by atomic mass is 19.4. The Labute approximate surface area is 120 Å². The molecule has 1 amide bonds. The Bertz CT molecular complexity index is 569. The standard InChI is InChI=1S/C15H16F3NO2/c16-15(17,18)9-21-14(20)19-6-2-5-12-7-10-3-1-4-11(10)8-13(12)19/h7-8H,1-6,9H2. The van der Waals surface area contributed by atoms with Gasteiger partial charge in [-0.25, -0.2) is 4.79 Å². The number of amides is 1. The second-order valence-electron chi connectivity index (χ2n) is 5.53. The van der Waals surface area contributed by atoms with Gasteiger partial charge in [-0.3, -0.25) is 4.90 Å². The maximum atomic E-state index is 12.2. The van der Waals surface area contributed by atoms with Gasteiger partial charge in [0.1, 0.15) is 0 Å². The molecule has 1 aliphatic heterocycles. The van der Waals surface area contributed by atoms with E-state index in [0.717, 1.165) is 37.7 Å². The fourth-order valence-corrected chi connectivity index (χ4v) is 3.07. The number of aryl methyl sites for hydroxylation is 3. The Morgan fingerprint density at radius 3 is 2.48 bits per heavy atom. The Hall–Kier alpha value is -1.72. The van der Waals surface area contributed by atoms with Crippen molar-refractivity contribution in [3.8, 4) is 0 Å². The molecule has 6 heteroatoms. The number of hydrogen-bond donors (Lipinski definition) is 0. The van der Waals surface area contributed by atoms with Crippen LogP contribution >= 0.6 is 0 Å². The summed E-state index contributed by atoms with van der Waals surface area (Å²) in [5.74, 6) is 0. The molecule has 3 nitrogen and oxygen atoms in total. The molecule has 0 atom stereocenters. The van der Waals surface area contributed by atoms with E-state index in [1.807, 2.05) is 6.07 Å². The Kier molecular flexibility index (Phi) is 3.55. The molecule has 0 saturated heterocycles. The van der Waals surface area contributed by atoms with Crippen molar-refractivity contribution in [2.24, 2.45) is 0 Å². The molecule has 1 aromatic carbocycles. The van der Waals surface area contributed by atoms with Crippen molar-refractivity contribution in [1.82, 2.24) is 0 Å². The summed E-state index contributed by atoms with van der Waals surface area (Å²) in [6.07, 6.45) is -0.706. The second kappa shape index (κ2) is 5.24. The monoisotopic (exact) mass is 299 g/mol. The zero-order valence-electron chi connectivity index (χ0n) is 11.5. The number of fused-ring (bicyclic) bond motifs is 2. The van der Waals surface area contributed by atoms with Crippen molar-refractivity contribution in [3.63, 3.8) is 0 Å². The summed E-state index contributed by atoms with van der Waals surface area (Å²) >= 11 is 0. The number of benzene rings is 1. The van der Waals surface area contributed by atoms with Gasteiger partial charge in [-0.15, -0.1) is 0 Å². The molecule has 0 unspecified atom stereocenters. The van der Waals surface area contributed by atoms with Crippen molar-refractivity contribution < 1.29 is 22.7 Å². The van der Waals surface area contributed by atoms with Crippen LogP contribution in [-0.4, -0.2) is 25.4 Å². The van der Waals surface area contributed by atoms with Crippen molar-refractivity contribution in [2.45, 2.75) is 38.3 Å². The van der Waals surface area contributed by atoms with Crippen LogP contribution in [0.1, 0.15) is 29.5 Å². The maximum absolute atomic E-state index is 12.2. The van der Waals surface area contributed by atoms with Gasteiger partial charge in [-0.05, 0) is 54.9 Å². The lowest BCUT2D eigenvalue weighted by Crippen LogP contribution is -2.37. The number of carbonyl (C=O) groups is 1. The first-order valence-corrected chi connectivity index (χ1v) is 7.10. The zero-order chi connectivity index (χ0) is 15.0. The highest BCUT2D eigenvalue weighted by molar-refractivity contribution is 5.89.